The topological polar surface area (TPSA) is 113 Å². The van der Waals surface area contributed by atoms with E-state index in [1.807, 2.05) is 0 Å². The number of nitro groups is 1. The Balaban J connectivity index is 1.56. The molecule has 0 saturated carbocycles. The Morgan fingerprint density at radius 3 is 2.62 bits per heavy atom. The maximum absolute atomic E-state index is 12.8. The highest BCUT2D eigenvalue weighted by Gasteiger charge is 2.39. The Labute approximate surface area is 169 Å². The van der Waals surface area contributed by atoms with Crippen LogP contribution in [0.3, 0.4) is 0 Å². The van der Waals surface area contributed by atoms with Gasteiger partial charge in [-0.3, -0.25) is 39.3 Å². The standard InChI is InChI=1S/C19H13ClN4O5/c20-12-3-1-2-11(8-12)17-21-6-7-22(17)16(25)10-23-18(26)14-5-4-13(24(28)29)9-15(14)19(23)27/h1-5,8-9H,6-7,10H2. The molecule has 146 valence electrons. The van der Waals surface area contributed by atoms with Crippen LogP contribution in [0.2, 0.25) is 5.02 Å². The molecule has 2 heterocycles. The number of non-ortho nitro benzene ring substituents is 1. The number of hydrogen-bond donors (Lipinski definition) is 0. The first-order valence-electron chi connectivity index (χ1n) is 8.62. The molecule has 29 heavy (non-hydrogen) atoms. The van der Waals surface area contributed by atoms with Crippen molar-refractivity contribution in [3.05, 3.63) is 74.3 Å². The van der Waals surface area contributed by atoms with Gasteiger partial charge in [0.05, 0.1) is 22.6 Å². The molecule has 0 N–H and O–H groups in total. The van der Waals surface area contributed by atoms with Crippen LogP contribution in [0.5, 0.6) is 0 Å². The first kappa shape index (κ1) is 18.8. The molecule has 10 heteroatoms. The van der Waals surface area contributed by atoms with Crippen LogP contribution in [0.4, 0.5) is 5.69 Å². The van der Waals surface area contributed by atoms with Gasteiger partial charge in [-0.25, -0.2) is 0 Å². The summed E-state index contributed by atoms with van der Waals surface area (Å²) in [5.41, 5.74) is 0.315. The molecule has 0 spiro atoms. The van der Waals surface area contributed by atoms with Gasteiger partial charge in [0.2, 0.25) is 5.91 Å². The first-order chi connectivity index (χ1) is 13.9. The van der Waals surface area contributed by atoms with E-state index in [0.29, 0.717) is 29.5 Å². The fraction of sp³-hybridized carbons (Fsp3) is 0.158. The highest BCUT2D eigenvalue weighted by molar-refractivity contribution is 6.31. The van der Waals surface area contributed by atoms with E-state index < -0.39 is 29.2 Å². The summed E-state index contributed by atoms with van der Waals surface area (Å²) in [5.74, 6) is -1.45. The van der Waals surface area contributed by atoms with Crippen LogP contribution in [-0.4, -0.2) is 57.9 Å². The predicted octanol–water partition coefficient (Wildman–Crippen LogP) is 2.13. The number of halogens is 1. The van der Waals surface area contributed by atoms with Gasteiger partial charge in [0.25, 0.3) is 17.5 Å². The summed E-state index contributed by atoms with van der Waals surface area (Å²) >= 11 is 6.01. The number of carbonyl (C=O) groups is 3. The molecule has 3 amide bonds. The van der Waals surface area contributed by atoms with E-state index in [0.717, 1.165) is 17.0 Å². The molecule has 0 aliphatic carbocycles. The van der Waals surface area contributed by atoms with E-state index in [-0.39, 0.29) is 16.8 Å². The second-order valence-electron chi connectivity index (χ2n) is 6.44. The minimum Gasteiger partial charge on any atom is -0.293 e. The van der Waals surface area contributed by atoms with Crippen molar-refractivity contribution in [2.75, 3.05) is 19.6 Å². The molecule has 0 saturated heterocycles. The number of rotatable bonds is 4. The SMILES string of the molecule is O=C(CN1C(=O)c2ccc([N+](=O)[O-])cc2C1=O)N1CCN=C1c1cccc(Cl)c1. The average Bonchev–Trinajstić information content (AvgIpc) is 3.28. The summed E-state index contributed by atoms with van der Waals surface area (Å²) < 4.78 is 0. The lowest BCUT2D eigenvalue weighted by molar-refractivity contribution is -0.384. The van der Waals surface area contributed by atoms with Crippen LogP contribution in [-0.2, 0) is 4.79 Å². The van der Waals surface area contributed by atoms with Gasteiger partial charge in [0, 0.05) is 29.3 Å². The van der Waals surface area contributed by atoms with Gasteiger partial charge in [-0.05, 0) is 18.2 Å². The van der Waals surface area contributed by atoms with E-state index >= 15 is 0 Å². The van der Waals surface area contributed by atoms with Crippen molar-refractivity contribution in [3.8, 4) is 0 Å². The molecular weight excluding hydrogens is 400 g/mol. The van der Waals surface area contributed by atoms with Crippen molar-refractivity contribution in [1.29, 1.82) is 0 Å². The van der Waals surface area contributed by atoms with Gasteiger partial charge < -0.3 is 0 Å². The molecule has 2 aromatic carbocycles. The number of nitro benzene ring substituents is 1. The zero-order valence-electron chi connectivity index (χ0n) is 14.9. The molecule has 9 nitrogen and oxygen atoms in total. The van der Waals surface area contributed by atoms with Crippen LogP contribution in [0.25, 0.3) is 0 Å². The third-order valence-corrected chi connectivity index (χ3v) is 4.92. The summed E-state index contributed by atoms with van der Waals surface area (Å²) in [5, 5.41) is 11.4. The molecule has 0 fully saturated rings. The average molecular weight is 413 g/mol. The normalized spacial score (nSPS) is 15.6. The smallest absolute Gasteiger partial charge is 0.270 e. The van der Waals surface area contributed by atoms with E-state index in [1.165, 1.54) is 11.0 Å². The van der Waals surface area contributed by atoms with Gasteiger partial charge >= 0.3 is 0 Å². The number of hydrogen-bond acceptors (Lipinski definition) is 6. The van der Waals surface area contributed by atoms with Gasteiger partial charge in [-0.1, -0.05) is 23.7 Å². The summed E-state index contributed by atoms with van der Waals surface area (Å²) in [6.07, 6.45) is 0. The highest BCUT2D eigenvalue weighted by Crippen LogP contribution is 2.27. The Hall–Kier alpha value is -3.59. The number of nitrogens with zero attached hydrogens (tertiary/aromatic N) is 4. The molecule has 2 aromatic rings. The van der Waals surface area contributed by atoms with Crippen LogP contribution < -0.4 is 0 Å². The number of fused-ring (bicyclic) bond motifs is 1. The van der Waals surface area contributed by atoms with Gasteiger partial charge in [-0.15, -0.1) is 0 Å². The summed E-state index contributed by atoms with van der Waals surface area (Å²) in [6.45, 7) is 0.219. The van der Waals surface area contributed by atoms with E-state index in [1.54, 1.807) is 24.3 Å². The molecule has 4 rings (SSSR count). The van der Waals surface area contributed by atoms with E-state index in [2.05, 4.69) is 4.99 Å². The largest absolute Gasteiger partial charge is 0.293 e. The Morgan fingerprint density at radius 2 is 1.90 bits per heavy atom. The minimum absolute atomic E-state index is 0.0403. The fourth-order valence-corrected chi connectivity index (χ4v) is 3.51. The molecule has 0 aromatic heterocycles. The molecule has 0 radical (unpaired) electrons. The number of benzene rings is 2. The maximum atomic E-state index is 12.8. The lowest BCUT2D eigenvalue weighted by Gasteiger charge is -2.21. The first-order valence-corrected chi connectivity index (χ1v) is 9.00. The summed E-state index contributed by atoms with van der Waals surface area (Å²) in [6, 6.07) is 10.3. The van der Waals surface area contributed by atoms with Crippen molar-refractivity contribution in [2.24, 2.45) is 4.99 Å². The number of carbonyl (C=O) groups excluding carboxylic acids is 3. The Kier molecular flexibility index (Phi) is 4.59. The van der Waals surface area contributed by atoms with Crippen molar-refractivity contribution < 1.29 is 19.3 Å². The Bertz CT molecular complexity index is 1110. The third-order valence-electron chi connectivity index (χ3n) is 4.68. The van der Waals surface area contributed by atoms with E-state index in [4.69, 9.17) is 11.6 Å². The second-order valence-corrected chi connectivity index (χ2v) is 6.88. The zero-order chi connectivity index (χ0) is 20.7. The van der Waals surface area contributed by atoms with Crippen molar-refractivity contribution in [2.45, 2.75) is 0 Å². The minimum atomic E-state index is -0.734. The molecular formula is C19H13ClN4O5. The summed E-state index contributed by atoms with van der Waals surface area (Å²) in [4.78, 5) is 54.8. The second kappa shape index (κ2) is 7.10. The van der Waals surface area contributed by atoms with Gasteiger partial charge in [-0.2, -0.15) is 0 Å². The molecule has 0 bridgehead atoms. The number of amidine groups is 1. The zero-order valence-corrected chi connectivity index (χ0v) is 15.6. The van der Waals surface area contributed by atoms with Crippen molar-refractivity contribution in [1.82, 2.24) is 9.80 Å². The quantitative estimate of drug-likeness (QED) is 0.433. The van der Waals surface area contributed by atoms with Crippen molar-refractivity contribution in [3.63, 3.8) is 0 Å². The Morgan fingerprint density at radius 1 is 1.14 bits per heavy atom. The van der Waals surface area contributed by atoms with Gasteiger partial charge in [0.15, 0.2) is 0 Å². The predicted molar refractivity (Wildman–Crippen MR) is 103 cm³/mol. The monoisotopic (exact) mass is 412 g/mol. The van der Waals surface area contributed by atoms with Gasteiger partial charge in [0.1, 0.15) is 12.4 Å². The van der Waals surface area contributed by atoms with Crippen LogP contribution in [0, 0.1) is 10.1 Å². The number of imide groups is 1. The van der Waals surface area contributed by atoms with E-state index in [9.17, 15) is 24.5 Å². The fourth-order valence-electron chi connectivity index (χ4n) is 3.32. The summed E-state index contributed by atoms with van der Waals surface area (Å²) in [7, 11) is 0. The molecule has 2 aliphatic rings. The lowest BCUT2D eigenvalue weighted by atomic mass is 10.1. The third kappa shape index (κ3) is 3.25. The lowest BCUT2D eigenvalue weighted by Crippen LogP contribution is -2.44. The number of amides is 3. The number of aliphatic imine (C=N–C) groups is 1. The van der Waals surface area contributed by atoms with Crippen molar-refractivity contribution >= 4 is 40.8 Å². The highest BCUT2D eigenvalue weighted by atomic mass is 35.5. The van der Waals surface area contributed by atoms with Crippen LogP contribution in [0.15, 0.2) is 47.5 Å². The molecule has 0 unspecified atom stereocenters. The molecule has 0 atom stereocenters. The van der Waals surface area contributed by atoms with Crippen LogP contribution >= 0.6 is 11.6 Å². The van der Waals surface area contributed by atoms with Crippen LogP contribution in [0.1, 0.15) is 26.3 Å². The molecule has 2 aliphatic heterocycles. The maximum Gasteiger partial charge on any atom is 0.270 e.